The second-order valence-corrected chi connectivity index (χ2v) is 10.1. The lowest BCUT2D eigenvalue weighted by atomic mass is 9.49. The Labute approximate surface area is 173 Å². The summed E-state index contributed by atoms with van der Waals surface area (Å²) in [5, 5.41) is 15.9. The summed E-state index contributed by atoms with van der Waals surface area (Å²) in [6, 6.07) is 7.82. The molecule has 1 N–H and O–H groups in total. The zero-order valence-corrected chi connectivity index (χ0v) is 16.8. The molecule has 0 spiro atoms. The van der Waals surface area contributed by atoms with Crippen molar-refractivity contribution in [1.82, 2.24) is 24.8 Å². The molecule has 2 heterocycles. The van der Waals surface area contributed by atoms with Gasteiger partial charge in [-0.25, -0.2) is 9.36 Å². The van der Waals surface area contributed by atoms with E-state index in [1.54, 1.807) is 15.6 Å². The van der Waals surface area contributed by atoms with Gasteiger partial charge in [0.15, 0.2) is 0 Å². The molecule has 4 aliphatic rings. The fourth-order valence-corrected chi connectivity index (χ4v) is 7.04. The van der Waals surface area contributed by atoms with Gasteiger partial charge in [-0.1, -0.05) is 17.3 Å². The Bertz CT molecular complexity index is 1090. The molecule has 1 aromatic carbocycles. The minimum Gasteiger partial charge on any atom is -0.323 e. The van der Waals surface area contributed by atoms with Gasteiger partial charge in [0.05, 0.1) is 29.0 Å². The predicted molar refractivity (Wildman–Crippen MR) is 109 cm³/mol. The van der Waals surface area contributed by atoms with E-state index in [1.165, 1.54) is 6.42 Å². The van der Waals surface area contributed by atoms with Crippen LogP contribution in [0.5, 0.6) is 0 Å². The standard InChI is InChI=1S/C21H23ClN6O/c22-21-8-14-5-15(9-21)7-20(6-14,12-21)19(29)24-16-10-23-27(11-16)13-28-18-4-2-1-3-17(18)25-26-28/h1-4,10-11,14-15H,5-9,12-13H2,(H,24,29). The van der Waals surface area contributed by atoms with Crippen LogP contribution in [0.3, 0.4) is 0 Å². The average Bonchev–Trinajstić information content (AvgIpc) is 3.27. The van der Waals surface area contributed by atoms with E-state index in [4.69, 9.17) is 11.6 Å². The monoisotopic (exact) mass is 410 g/mol. The summed E-state index contributed by atoms with van der Waals surface area (Å²) < 4.78 is 3.56. The van der Waals surface area contributed by atoms with Crippen LogP contribution in [0.1, 0.15) is 38.5 Å². The largest absolute Gasteiger partial charge is 0.323 e. The van der Waals surface area contributed by atoms with Crippen molar-refractivity contribution < 1.29 is 4.79 Å². The smallest absolute Gasteiger partial charge is 0.230 e. The maximum Gasteiger partial charge on any atom is 0.230 e. The number of carbonyl (C=O) groups excluding carboxylic acids is 1. The Morgan fingerprint density at radius 3 is 2.79 bits per heavy atom. The van der Waals surface area contributed by atoms with Gasteiger partial charge in [0.2, 0.25) is 5.91 Å². The van der Waals surface area contributed by atoms with Crippen LogP contribution >= 0.6 is 11.6 Å². The first-order chi connectivity index (χ1) is 14.0. The van der Waals surface area contributed by atoms with Gasteiger partial charge in [-0.3, -0.25) is 4.79 Å². The maximum atomic E-state index is 13.3. The molecule has 3 aromatic rings. The molecule has 0 radical (unpaired) electrons. The lowest BCUT2D eigenvalue weighted by Gasteiger charge is -2.59. The van der Waals surface area contributed by atoms with Gasteiger partial charge in [-0.2, -0.15) is 5.10 Å². The molecule has 29 heavy (non-hydrogen) atoms. The summed E-state index contributed by atoms with van der Waals surface area (Å²) >= 11 is 6.89. The predicted octanol–water partition coefficient (Wildman–Crippen LogP) is 3.65. The van der Waals surface area contributed by atoms with Crippen LogP contribution in [0.2, 0.25) is 0 Å². The SMILES string of the molecule is O=C(Nc1cnn(Cn2nnc3ccccc32)c1)C12CC3CC(CC(Cl)(C3)C1)C2. The van der Waals surface area contributed by atoms with E-state index in [0.29, 0.717) is 18.5 Å². The van der Waals surface area contributed by atoms with E-state index in [0.717, 1.165) is 48.8 Å². The molecule has 2 aromatic heterocycles. The summed E-state index contributed by atoms with van der Waals surface area (Å²) in [4.78, 5) is 13.1. The van der Waals surface area contributed by atoms with Crippen molar-refractivity contribution in [2.75, 3.05) is 5.32 Å². The molecule has 1 amide bonds. The normalized spacial score (nSPS) is 32.7. The van der Waals surface area contributed by atoms with E-state index < -0.39 is 0 Å². The van der Waals surface area contributed by atoms with Crippen molar-refractivity contribution in [1.29, 1.82) is 0 Å². The third-order valence-electron chi connectivity index (χ3n) is 7.06. The van der Waals surface area contributed by atoms with Gasteiger partial charge in [-0.15, -0.1) is 16.7 Å². The van der Waals surface area contributed by atoms with E-state index >= 15 is 0 Å². The average molecular weight is 411 g/mol. The fraction of sp³-hybridized carbons (Fsp3) is 0.524. The van der Waals surface area contributed by atoms with E-state index in [9.17, 15) is 4.79 Å². The third-order valence-corrected chi connectivity index (χ3v) is 7.50. The quantitative estimate of drug-likeness (QED) is 0.666. The number of rotatable bonds is 4. The minimum atomic E-state index is -0.309. The van der Waals surface area contributed by atoms with Gasteiger partial charge in [0.1, 0.15) is 12.2 Å². The molecule has 2 unspecified atom stereocenters. The molecule has 7 nitrogen and oxygen atoms in total. The number of anilines is 1. The van der Waals surface area contributed by atoms with Gasteiger partial charge in [0, 0.05) is 4.87 Å². The Hall–Kier alpha value is -2.41. The number of fused-ring (bicyclic) bond motifs is 1. The van der Waals surface area contributed by atoms with Crippen LogP contribution in [0.4, 0.5) is 5.69 Å². The highest BCUT2D eigenvalue weighted by Crippen LogP contribution is 2.64. The number of nitrogens with zero attached hydrogens (tertiary/aromatic N) is 5. The molecule has 4 bridgehead atoms. The van der Waals surface area contributed by atoms with Gasteiger partial charge in [-0.05, 0) is 62.5 Å². The number of nitrogens with one attached hydrogen (secondary N) is 1. The summed E-state index contributed by atoms with van der Waals surface area (Å²) in [7, 11) is 0. The zero-order chi connectivity index (χ0) is 19.6. The lowest BCUT2D eigenvalue weighted by molar-refractivity contribution is -0.138. The summed E-state index contributed by atoms with van der Waals surface area (Å²) in [6.07, 6.45) is 9.70. The maximum absolute atomic E-state index is 13.3. The topological polar surface area (TPSA) is 77.6 Å². The Morgan fingerprint density at radius 2 is 2.00 bits per heavy atom. The third kappa shape index (κ3) is 2.86. The minimum absolute atomic E-state index is 0.113. The second kappa shape index (κ2) is 6.05. The molecular weight excluding hydrogens is 388 g/mol. The molecule has 2 atom stereocenters. The summed E-state index contributed by atoms with van der Waals surface area (Å²) in [5.41, 5.74) is 2.22. The van der Waals surface area contributed by atoms with Crippen LogP contribution in [-0.2, 0) is 11.5 Å². The molecular formula is C21H23ClN6O. The molecule has 0 saturated heterocycles. The number of benzene rings is 1. The highest BCUT2D eigenvalue weighted by Gasteiger charge is 2.60. The number of halogens is 1. The van der Waals surface area contributed by atoms with Crippen molar-refractivity contribution >= 4 is 34.2 Å². The van der Waals surface area contributed by atoms with E-state index in [2.05, 4.69) is 20.7 Å². The number of hydrogen-bond donors (Lipinski definition) is 1. The van der Waals surface area contributed by atoms with Gasteiger partial charge in [0.25, 0.3) is 0 Å². The van der Waals surface area contributed by atoms with Crippen LogP contribution in [0, 0.1) is 17.3 Å². The van der Waals surface area contributed by atoms with Gasteiger partial charge < -0.3 is 5.32 Å². The Kier molecular flexibility index (Phi) is 3.64. The van der Waals surface area contributed by atoms with Crippen LogP contribution in [0.15, 0.2) is 36.7 Å². The first-order valence-electron chi connectivity index (χ1n) is 10.3. The van der Waals surface area contributed by atoms with E-state index in [1.807, 2.05) is 30.5 Å². The molecule has 4 saturated carbocycles. The van der Waals surface area contributed by atoms with Gasteiger partial charge >= 0.3 is 0 Å². The van der Waals surface area contributed by atoms with Crippen molar-refractivity contribution in [2.45, 2.75) is 50.1 Å². The number of aromatic nitrogens is 5. The van der Waals surface area contributed by atoms with Crippen molar-refractivity contribution in [3.8, 4) is 0 Å². The van der Waals surface area contributed by atoms with E-state index in [-0.39, 0.29) is 16.2 Å². The number of amides is 1. The van der Waals surface area contributed by atoms with Crippen LogP contribution in [-0.4, -0.2) is 35.6 Å². The molecule has 7 rings (SSSR count). The summed E-state index contributed by atoms with van der Waals surface area (Å²) in [5.74, 6) is 1.31. The molecule has 0 aliphatic heterocycles. The first kappa shape index (κ1) is 17.4. The van der Waals surface area contributed by atoms with Crippen molar-refractivity contribution in [3.05, 3.63) is 36.7 Å². The summed E-state index contributed by atoms with van der Waals surface area (Å²) in [6.45, 7) is 0.441. The zero-order valence-electron chi connectivity index (χ0n) is 16.1. The second-order valence-electron chi connectivity index (χ2n) is 9.33. The number of para-hydroxylation sites is 1. The molecule has 8 heteroatoms. The van der Waals surface area contributed by atoms with Crippen molar-refractivity contribution in [3.63, 3.8) is 0 Å². The highest BCUT2D eigenvalue weighted by molar-refractivity contribution is 6.24. The number of hydrogen-bond acceptors (Lipinski definition) is 4. The molecule has 4 aliphatic carbocycles. The number of alkyl halides is 1. The molecule has 150 valence electrons. The molecule has 4 fully saturated rings. The Morgan fingerprint density at radius 1 is 1.21 bits per heavy atom. The fourth-order valence-electron chi connectivity index (χ4n) is 6.34. The van der Waals surface area contributed by atoms with Crippen LogP contribution < -0.4 is 5.32 Å². The van der Waals surface area contributed by atoms with Crippen LogP contribution in [0.25, 0.3) is 11.0 Å². The highest BCUT2D eigenvalue weighted by atomic mass is 35.5. The Balaban J connectivity index is 1.19. The van der Waals surface area contributed by atoms with Crippen molar-refractivity contribution in [2.24, 2.45) is 17.3 Å². The number of carbonyl (C=O) groups is 1. The lowest BCUT2D eigenvalue weighted by Crippen LogP contribution is -2.57. The first-order valence-corrected chi connectivity index (χ1v) is 10.7.